The highest BCUT2D eigenvalue weighted by atomic mass is 16.5. The molecule has 5 N–H and O–H groups in total. The van der Waals surface area contributed by atoms with Gasteiger partial charge in [-0.1, -0.05) is 97.2 Å². The van der Waals surface area contributed by atoms with Gasteiger partial charge in [0.25, 0.3) is 0 Å². The Morgan fingerprint density at radius 2 is 1.36 bits per heavy atom. The monoisotopic (exact) mass is 745 g/mol. The van der Waals surface area contributed by atoms with E-state index in [1.54, 1.807) is 26.0 Å². The molecule has 0 spiro atoms. The minimum absolute atomic E-state index is 0.0610. The molecule has 0 heterocycles. The predicted octanol–water partition coefficient (Wildman–Crippen LogP) is 7.93. The van der Waals surface area contributed by atoms with Crippen LogP contribution in [0.3, 0.4) is 0 Å². The summed E-state index contributed by atoms with van der Waals surface area (Å²) >= 11 is 0. The van der Waals surface area contributed by atoms with Crippen LogP contribution in [-0.2, 0) is 19.1 Å². The SMILES string of the molecule is CCC(CCCC(=O)O[C@H](CC=C(C)C)[C@@H](C)C/C(C)=C/[C@@H](C)[C@H](O)C[C@@H](C)O)OC(=O)/C=C/C(C)=C/C(C)=C/C=C/C(C)=C/[C@H](O)[C@@H](O)C[C@H](C)O. The van der Waals surface area contributed by atoms with E-state index in [-0.39, 0.29) is 42.9 Å². The molecule has 0 aromatic rings. The standard InChI is InChI=1S/C44H72O9/c1-12-38(52-44(51)22-20-32(6)23-30(4)15-13-16-31(5)26-40(48)41(49)28-37(11)46)17-14-18-43(50)53-42(21-19-29(2)3)35(9)25-33(7)24-34(8)39(47)27-36(10)45/h13,15-16,19-20,22-24,26,34-42,45-49H,12,14,17-18,21,25,27-28H2,1-11H3/b16-13+,22-20+,30-15+,31-26+,32-23+,33-24+/t34-,35+,36-,37+,38?,39-,40+,41+,42-/m1/s1. The Morgan fingerprint density at radius 1 is 0.736 bits per heavy atom. The number of allylic oxidation sites excluding steroid dienone is 10. The van der Waals surface area contributed by atoms with Crippen molar-refractivity contribution < 1.29 is 44.6 Å². The summed E-state index contributed by atoms with van der Waals surface area (Å²) in [6.07, 6.45) is 15.3. The molecule has 1 unspecified atom stereocenters. The number of ether oxygens (including phenoxy) is 2. The summed E-state index contributed by atoms with van der Waals surface area (Å²) in [4.78, 5) is 25.5. The van der Waals surface area contributed by atoms with Gasteiger partial charge in [0.15, 0.2) is 0 Å². The van der Waals surface area contributed by atoms with Gasteiger partial charge in [0.05, 0.1) is 30.5 Å². The Morgan fingerprint density at radius 3 is 1.94 bits per heavy atom. The topological polar surface area (TPSA) is 154 Å². The zero-order valence-electron chi connectivity index (χ0n) is 34.4. The molecule has 0 bridgehead atoms. The van der Waals surface area contributed by atoms with Crippen molar-refractivity contribution in [2.75, 3.05) is 0 Å². The largest absolute Gasteiger partial charge is 0.462 e. The number of carbonyl (C=O) groups is 2. The lowest BCUT2D eigenvalue weighted by Crippen LogP contribution is -2.27. The van der Waals surface area contributed by atoms with E-state index in [1.807, 2.05) is 85.8 Å². The summed E-state index contributed by atoms with van der Waals surface area (Å²) in [6.45, 7) is 20.9. The van der Waals surface area contributed by atoms with Crippen LogP contribution in [0.5, 0.6) is 0 Å². The molecular weight excluding hydrogens is 672 g/mol. The molecule has 0 radical (unpaired) electrons. The molecular formula is C44H72O9. The summed E-state index contributed by atoms with van der Waals surface area (Å²) < 4.78 is 11.6. The maximum absolute atomic E-state index is 12.9. The van der Waals surface area contributed by atoms with Crippen LogP contribution in [0, 0.1) is 11.8 Å². The highest BCUT2D eigenvalue weighted by Crippen LogP contribution is 2.24. The van der Waals surface area contributed by atoms with Crippen molar-refractivity contribution in [2.24, 2.45) is 11.8 Å². The molecule has 0 aromatic carbocycles. The second-order valence-electron chi connectivity index (χ2n) is 15.2. The molecule has 9 atom stereocenters. The minimum Gasteiger partial charge on any atom is -0.462 e. The average molecular weight is 745 g/mol. The first-order valence-corrected chi connectivity index (χ1v) is 19.2. The predicted molar refractivity (Wildman–Crippen MR) is 215 cm³/mol. The smallest absolute Gasteiger partial charge is 0.331 e. The van der Waals surface area contributed by atoms with Gasteiger partial charge in [0, 0.05) is 31.3 Å². The van der Waals surface area contributed by atoms with Crippen molar-refractivity contribution in [3.8, 4) is 0 Å². The molecule has 0 aliphatic heterocycles. The molecule has 9 heteroatoms. The number of hydrogen-bond donors (Lipinski definition) is 5. The molecule has 0 saturated carbocycles. The van der Waals surface area contributed by atoms with Crippen molar-refractivity contribution in [1.29, 1.82) is 0 Å². The molecule has 53 heavy (non-hydrogen) atoms. The number of esters is 2. The van der Waals surface area contributed by atoms with Crippen LogP contribution in [0.2, 0.25) is 0 Å². The van der Waals surface area contributed by atoms with Gasteiger partial charge < -0.3 is 35.0 Å². The second-order valence-corrected chi connectivity index (χ2v) is 15.2. The van der Waals surface area contributed by atoms with Gasteiger partial charge in [-0.2, -0.15) is 0 Å². The molecule has 0 aromatic heterocycles. The Balaban J connectivity index is 5.10. The highest BCUT2D eigenvalue weighted by Gasteiger charge is 2.23. The van der Waals surface area contributed by atoms with Gasteiger partial charge in [-0.15, -0.1) is 0 Å². The van der Waals surface area contributed by atoms with E-state index in [0.29, 0.717) is 38.5 Å². The van der Waals surface area contributed by atoms with E-state index in [2.05, 4.69) is 13.0 Å². The average Bonchev–Trinajstić information content (AvgIpc) is 3.04. The fourth-order valence-corrected chi connectivity index (χ4v) is 5.76. The summed E-state index contributed by atoms with van der Waals surface area (Å²) in [6, 6.07) is 0. The van der Waals surface area contributed by atoms with Gasteiger partial charge in [0.1, 0.15) is 12.2 Å². The van der Waals surface area contributed by atoms with E-state index < -0.39 is 36.5 Å². The third kappa shape index (κ3) is 25.6. The summed E-state index contributed by atoms with van der Waals surface area (Å²) in [5.74, 6) is -0.761. The third-order valence-electron chi connectivity index (χ3n) is 8.77. The molecule has 0 amide bonds. The quantitative estimate of drug-likeness (QED) is 0.0271. The molecule has 0 fully saturated rings. The molecule has 0 aliphatic rings. The molecule has 0 rings (SSSR count). The van der Waals surface area contributed by atoms with Crippen LogP contribution >= 0.6 is 0 Å². The number of aliphatic hydroxyl groups excluding tert-OH is 5. The molecule has 0 saturated heterocycles. The summed E-state index contributed by atoms with van der Waals surface area (Å²) in [5.41, 5.74) is 4.82. The van der Waals surface area contributed by atoms with Crippen LogP contribution in [0.15, 0.2) is 82.5 Å². The van der Waals surface area contributed by atoms with Gasteiger partial charge in [-0.3, -0.25) is 4.79 Å². The Hall–Kier alpha value is -3.08. The van der Waals surface area contributed by atoms with E-state index in [0.717, 1.165) is 27.9 Å². The maximum Gasteiger partial charge on any atom is 0.331 e. The van der Waals surface area contributed by atoms with Crippen LogP contribution in [0.25, 0.3) is 0 Å². The lowest BCUT2D eigenvalue weighted by Gasteiger charge is -2.25. The van der Waals surface area contributed by atoms with Crippen molar-refractivity contribution in [2.45, 2.75) is 170 Å². The Kier molecular flexibility index (Phi) is 25.9. The van der Waals surface area contributed by atoms with Crippen molar-refractivity contribution in [3.63, 3.8) is 0 Å². The summed E-state index contributed by atoms with van der Waals surface area (Å²) in [7, 11) is 0. The van der Waals surface area contributed by atoms with Crippen molar-refractivity contribution >= 4 is 11.9 Å². The van der Waals surface area contributed by atoms with Crippen molar-refractivity contribution in [1.82, 2.24) is 0 Å². The minimum atomic E-state index is -1.07. The van der Waals surface area contributed by atoms with Gasteiger partial charge in [-0.25, -0.2) is 4.79 Å². The number of aliphatic hydroxyl groups is 5. The first-order valence-electron chi connectivity index (χ1n) is 19.2. The van der Waals surface area contributed by atoms with Gasteiger partial charge in [-0.05, 0) is 93.4 Å². The highest BCUT2D eigenvalue weighted by molar-refractivity contribution is 5.82. The number of rotatable bonds is 25. The van der Waals surface area contributed by atoms with Crippen LogP contribution < -0.4 is 0 Å². The van der Waals surface area contributed by atoms with Gasteiger partial charge >= 0.3 is 11.9 Å². The van der Waals surface area contributed by atoms with Crippen LogP contribution in [-0.4, -0.2) is 80.2 Å². The number of hydrogen-bond acceptors (Lipinski definition) is 9. The van der Waals surface area contributed by atoms with Crippen LogP contribution in [0.1, 0.15) is 128 Å². The first kappa shape index (κ1) is 49.9. The van der Waals surface area contributed by atoms with Gasteiger partial charge in [0.2, 0.25) is 0 Å². The lowest BCUT2D eigenvalue weighted by molar-refractivity contribution is -0.151. The fourth-order valence-electron chi connectivity index (χ4n) is 5.76. The van der Waals surface area contributed by atoms with E-state index in [1.165, 1.54) is 6.08 Å². The van der Waals surface area contributed by atoms with Crippen molar-refractivity contribution in [3.05, 3.63) is 82.5 Å². The molecule has 302 valence electrons. The zero-order chi connectivity index (χ0) is 40.7. The van der Waals surface area contributed by atoms with E-state index in [9.17, 15) is 35.1 Å². The number of carbonyl (C=O) groups excluding carboxylic acids is 2. The Labute approximate surface area is 320 Å². The van der Waals surface area contributed by atoms with E-state index >= 15 is 0 Å². The lowest BCUT2D eigenvalue weighted by atomic mass is 9.90. The third-order valence-corrected chi connectivity index (χ3v) is 8.77. The normalized spacial score (nSPS) is 18.6. The van der Waals surface area contributed by atoms with E-state index in [4.69, 9.17) is 9.47 Å². The fraction of sp³-hybridized carbons (Fsp3) is 0.636. The molecule has 9 nitrogen and oxygen atoms in total. The Bertz CT molecular complexity index is 1290. The van der Waals surface area contributed by atoms with Crippen LogP contribution in [0.4, 0.5) is 0 Å². The zero-order valence-corrected chi connectivity index (χ0v) is 34.4. The first-order chi connectivity index (χ1) is 24.7. The molecule has 0 aliphatic carbocycles. The second kappa shape index (κ2) is 27.5. The maximum atomic E-state index is 12.9. The summed E-state index contributed by atoms with van der Waals surface area (Å²) in [5, 5.41) is 49.3.